The maximum atomic E-state index is 3.75. The van der Waals surface area contributed by atoms with E-state index < -0.39 is 0 Å². The molecule has 0 fully saturated rings. The first-order chi connectivity index (χ1) is 4.43. The molecule has 1 aromatic heterocycles. The molecule has 0 amide bonds. The van der Waals surface area contributed by atoms with E-state index in [1.807, 2.05) is 6.92 Å². The van der Waals surface area contributed by atoms with Gasteiger partial charge in [0.2, 0.25) is 0 Å². The molecule has 46 valence electrons. The molecular weight excluding hydrogens is 112 g/mol. The van der Waals surface area contributed by atoms with Gasteiger partial charge in [0.15, 0.2) is 0 Å². The van der Waals surface area contributed by atoms with Gasteiger partial charge in [-0.15, -0.1) is 0 Å². The second kappa shape index (κ2) is 2.93. The van der Waals surface area contributed by atoms with E-state index in [9.17, 15) is 0 Å². The van der Waals surface area contributed by atoms with Crippen molar-refractivity contribution in [3.8, 4) is 11.8 Å². The van der Waals surface area contributed by atoms with E-state index in [-0.39, 0.29) is 0 Å². The van der Waals surface area contributed by atoms with Crippen LogP contribution in [0.5, 0.6) is 0 Å². The van der Waals surface area contributed by atoms with Gasteiger partial charge in [0.1, 0.15) is 0 Å². The van der Waals surface area contributed by atoms with E-state index in [0.717, 1.165) is 12.0 Å². The van der Waals surface area contributed by atoms with E-state index in [4.69, 9.17) is 0 Å². The maximum absolute atomic E-state index is 3.75. The normalized spacial score (nSPS) is 8.11. The van der Waals surface area contributed by atoms with Gasteiger partial charge < -0.3 is 0 Å². The molecule has 2 heteroatoms. The van der Waals surface area contributed by atoms with Crippen molar-refractivity contribution >= 4 is 0 Å². The molecule has 2 nitrogen and oxygen atoms in total. The second-order valence-corrected chi connectivity index (χ2v) is 1.64. The highest BCUT2D eigenvalue weighted by Crippen LogP contribution is 1.88. The number of H-pyrrole nitrogens is 1. The summed E-state index contributed by atoms with van der Waals surface area (Å²) in [5.41, 5.74) is 0.955. The smallest absolute Gasteiger partial charge is 0.0644 e. The summed E-state index contributed by atoms with van der Waals surface area (Å²) in [7, 11) is 0. The Bertz CT molecular complexity index is 213. The molecule has 0 bridgehead atoms. The minimum Gasteiger partial charge on any atom is -0.284 e. The van der Waals surface area contributed by atoms with Gasteiger partial charge in [-0.2, -0.15) is 5.10 Å². The Balaban J connectivity index is 2.67. The van der Waals surface area contributed by atoms with Gasteiger partial charge in [-0.05, 0) is 0 Å². The van der Waals surface area contributed by atoms with Crippen LogP contribution in [0.25, 0.3) is 0 Å². The van der Waals surface area contributed by atoms with Crippen LogP contribution in [0.2, 0.25) is 0 Å². The summed E-state index contributed by atoms with van der Waals surface area (Å²) in [4.78, 5) is 0. The Morgan fingerprint density at radius 2 is 2.67 bits per heavy atom. The number of nitrogens with one attached hydrogen (secondary N) is 1. The Morgan fingerprint density at radius 3 is 3.22 bits per heavy atom. The zero-order valence-corrected chi connectivity index (χ0v) is 5.31. The number of rotatable bonds is 0. The Kier molecular flexibility index (Phi) is 1.92. The topological polar surface area (TPSA) is 28.7 Å². The summed E-state index contributed by atoms with van der Waals surface area (Å²) in [6.07, 6.45) is 4.39. The number of nitrogens with zero attached hydrogens (tertiary/aromatic N) is 1. The molecule has 0 spiro atoms. The van der Waals surface area contributed by atoms with Crippen LogP contribution >= 0.6 is 0 Å². The highest BCUT2D eigenvalue weighted by molar-refractivity contribution is 5.28. The van der Waals surface area contributed by atoms with Gasteiger partial charge in [0.05, 0.1) is 11.8 Å². The molecule has 0 aromatic carbocycles. The minimum absolute atomic E-state index is 0.894. The molecule has 1 aromatic rings. The summed E-state index contributed by atoms with van der Waals surface area (Å²) in [6, 6.07) is 0. The lowest BCUT2D eigenvalue weighted by Crippen LogP contribution is -1.62. The Hall–Kier alpha value is -1.23. The molecule has 0 radical (unpaired) electrons. The minimum atomic E-state index is 0.894. The van der Waals surface area contributed by atoms with Crippen LogP contribution in [0.15, 0.2) is 12.4 Å². The van der Waals surface area contributed by atoms with Crippen molar-refractivity contribution in [1.29, 1.82) is 0 Å². The van der Waals surface area contributed by atoms with Crippen LogP contribution in [-0.4, -0.2) is 10.2 Å². The van der Waals surface area contributed by atoms with Crippen LogP contribution < -0.4 is 0 Å². The lowest BCUT2D eigenvalue weighted by Gasteiger charge is -1.70. The highest BCUT2D eigenvalue weighted by Gasteiger charge is 1.81. The first-order valence-electron chi connectivity index (χ1n) is 2.91. The second-order valence-electron chi connectivity index (χ2n) is 1.64. The zero-order valence-electron chi connectivity index (χ0n) is 5.31. The standard InChI is InChI=1S/C7H8N2/c1-2-3-4-7-5-8-9-6-7/h5-6H,2H2,1H3,(H,8,9). The van der Waals surface area contributed by atoms with Gasteiger partial charge in [0, 0.05) is 12.6 Å². The predicted molar refractivity (Wildman–Crippen MR) is 35.8 cm³/mol. The van der Waals surface area contributed by atoms with E-state index in [1.165, 1.54) is 0 Å². The SMILES string of the molecule is CCC#Cc1cn[nH]c1. The van der Waals surface area contributed by atoms with Crippen molar-refractivity contribution < 1.29 is 0 Å². The molecule has 1 N–H and O–H groups in total. The number of hydrogen-bond acceptors (Lipinski definition) is 1. The summed E-state index contributed by atoms with van der Waals surface area (Å²) in [5.74, 6) is 5.87. The number of aromatic nitrogens is 2. The first-order valence-corrected chi connectivity index (χ1v) is 2.91. The van der Waals surface area contributed by atoms with E-state index in [0.29, 0.717) is 0 Å². The van der Waals surface area contributed by atoms with Crippen LogP contribution in [0.4, 0.5) is 0 Å². The van der Waals surface area contributed by atoms with E-state index in [2.05, 4.69) is 22.0 Å². The van der Waals surface area contributed by atoms with E-state index >= 15 is 0 Å². The molecule has 0 unspecified atom stereocenters. The quantitative estimate of drug-likeness (QED) is 0.511. The van der Waals surface area contributed by atoms with Gasteiger partial charge in [-0.1, -0.05) is 18.8 Å². The van der Waals surface area contributed by atoms with Crippen molar-refractivity contribution in [2.75, 3.05) is 0 Å². The predicted octanol–water partition coefficient (Wildman–Crippen LogP) is 1.17. The third-order valence-electron chi connectivity index (χ3n) is 0.908. The van der Waals surface area contributed by atoms with Crippen molar-refractivity contribution in [2.45, 2.75) is 13.3 Å². The average Bonchev–Trinajstić information content (AvgIpc) is 2.34. The molecule has 0 aliphatic carbocycles. The molecule has 0 atom stereocenters. The fourth-order valence-corrected chi connectivity index (χ4v) is 0.510. The van der Waals surface area contributed by atoms with Crippen LogP contribution in [0, 0.1) is 11.8 Å². The molecule has 1 heterocycles. The van der Waals surface area contributed by atoms with Gasteiger partial charge in [-0.25, -0.2) is 0 Å². The highest BCUT2D eigenvalue weighted by atomic mass is 15.1. The van der Waals surface area contributed by atoms with Crippen molar-refractivity contribution in [1.82, 2.24) is 10.2 Å². The number of aromatic amines is 1. The summed E-state index contributed by atoms with van der Waals surface area (Å²) < 4.78 is 0. The largest absolute Gasteiger partial charge is 0.284 e. The fourth-order valence-electron chi connectivity index (χ4n) is 0.510. The first kappa shape index (κ1) is 5.90. The van der Waals surface area contributed by atoms with Crippen LogP contribution in [0.3, 0.4) is 0 Å². The third kappa shape index (κ3) is 1.61. The zero-order chi connectivity index (χ0) is 6.53. The van der Waals surface area contributed by atoms with Crippen LogP contribution in [-0.2, 0) is 0 Å². The van der Waals surface area contributed by atoms with Crippen molar-refractivity contribution in [2.24, 2.45) is 0 Å². The molecule has 0 saturated carbocycles. The van der Waals surface area contributed by atoms with Crippen LogP contribution in [0.1, 0.15) is 18.9 Å². The van der Waals surface area contributed by atoms with E-state index in [1.54, 1.807) is 12.4 Å². The Labute approximate surface area is 54.3 Å². The summed E-state index contributed by atoms with van der Waals surface area (Å²) >= 11 is 0. The molecule has 1 rings (SSSR count). The summed E-state index contributed by atoms with van der Waals surface area (Å²) in [5, 5.41) is 6.43. The molecule has 0 saturated heterocycles. The third-order valence-corrected chi connectivity index (χ3v) is 0.908. The lowest BCUT2D eigenvalue weighted by molar-refractivity contribution is 1.09. The molecule has 9 heavy (non-hydrogen) atoms. The molecule has 0 aliphatic rings. The van der Waals surface area contributed by atoms with Gasteiger partial charge in [-0.3, -0.25) is 5.10 Å². The van der Waals surface area contributed by atoms with Gasteiger partial charge in [0.25, 0.3) is 0 Å². The molecular formula is C7H8N2. The maximum Gasteiger partial charge on any atom is 0.0644 e. The lowest BCUT2D eigenvalue weighted by atomic mass is 10.3. The Morgan fingerprint density at radius 1 is 1.78 bits per heavy atom. The monoisotopic (exact) mass is 120 g/mol. The van der Waals surface area contributed by atoms with Crippen molar-refractivity contribution in [3.05, 3.63) is 18.0 Å². The summed E-state index contributed by atoms with van der Waals surface area (Å²) in [6.45, 7) is 2.02. The fraction of sp³-hybridized carbons (Fsp3) is 0.286. The van der Waals surface area contributed by atoms with Gasteiger partial charge >= 0.3 is 0 Å². The average molecular weight is 120 g/mol. The molecule has 0 aliphatic heterocycles. The van der Waals surface area contributed by atoms with Crippen molar-refractivity contribution in [3.63, 3.8) is 0 Å². The number of hydrogen-bond donors (Lipinski definition) is 1.